The van der Waals surface area contributed by atoms with Gasteiger partial charge in [-0.3, -0.25) is 14.5 Å². The van der Waals surface area contributed by atoms with Crippen molar-refractivity contribution in [2.45, 2.75) is 33.2 Å². The number of aryl methyl sites for hydroxylation is 2. The van der Waals surface area contributed by atoms with E-state index >= 15 is 0 Å². The number of aromatic nitrogens is 2. The number of carbonyl (C=O) groups is 2. The highest BCUT2D eigenvalue weighted by molar-refractivity contribution is 5.92. The third-order valence-corrected chi connectivity index (χ3v) is 5.70. The molecule has 31 heavy (non-hydrogen) atoms. The molecule has 0 unspecified atom stereocenters. The zero-order chi connectivity index (χ0) is 21.8. The van der Waals surface area contributed by atoms with Gasteiger partial charge in [0.05, 0.1) is 24.1 Å². The zero-order valence-electron chi connectivity index (χ0n) is 18.1. The van der Waals surface area contributed by atoms with Crippen LogP contribution in [0.1, 0.15) is 29.8 Å². The number of nitrogens with one attached hydrogen (secondary N) is 3. The summed E-state index contributed by atoms with van der Waals surface area (Å²) in [4.78, 5) is 34.8. The molecule has 7 heteroatoms. The number of hydrogen-bond acceptors (Lipinski definition) is 4. The number of carbonyl (C=O) groups excluding carboxylic acids is 2. The highest BCUT2D eigenvalue weighted by Gasteiger charge is 2.26. The first kappa shape index (κ1) is 21.1. The van der Waals surface area contributed by atoms with Crippen molar-refractivity contribution in [2.75, 3.05) is 25.0 Å². The van der Waals surface area contributed by atoms with Crippen molar-refractivity contribution in [1.82, 2.24) is 20.2 Å². The number of imidazole rings is 1. The SMILES string of the molecule is Cc1cc(C)cc(NC(=O)CN2CCC(C(=O)NCc3nc4ccccc4[nH]3)CC2)c1. The number of anilines is 1. The van der Waals surface area contributed by atoms with Crippen LogP contribution in [0, 0.1) is 19.8 Å². The summed E-state index contributed by atoms with van der Waals surface area (Å²) in [5.41, 5.74) is 4.97. The summed E-state index contributed by atoms with van der Waals surface area (Å²) in [5, 5.41) is 5.98. The van der Waals surface area contributed by atoms with Crippen LogP contribution in [0.2, 0.25) is 0 Å². The van der Waals surface area contributed by atoms with Crippen LogP contribution in [0.5, 0.6) is 0 Å². The molecule has 1 saturated heterocycles. The first-order valence-corrected chi connectivity index (χ1v) is 10.8. The van der Waals surface area contributed by atoms with Crippen LogP contribution in [0.15, 0.2) is 42.5 Å². The Morgan fingerprint density at radius 2 is 1.81 bits per heavy atom. The highest BCUT2D eigenvalue weighted by atomic mass is 16.2. The van der Waals surface area contributed by atoms with Gasteiger partial charge in [-0.15, -0.1) is 0 Å². The molecule has 162 valence electrons. The predicted molar refractivity (Wildman–Crippen MR) is 122 cm³/mol. The lowest BCUT2D eigenvalue weighted by molar-refractivity contribution is -0.126. The monoisotopic (exact) mass is 419 g/mol. The van der Waals surface area contributed by atoms with Crippen LogP contribution in [0.25, 0.3) is 11.0 Å². The molecule has 2 heterocycles. The zero-order valence-corrected chi connectivity index (χ0v) is 18.1. The van der Waals surface area contributed by atoms with Gasteiger partial charge >= 0.3 is 0 Å². The van der Waals surface area contributed by atoms with Crippen molar-refractivity contribution in [3.8, 4) is 0 Å². The minimum absolute atomic E-state index is 0.0159. The molecule has 1 aliphatic heterocycles. The van der Waals surface area contributed by atoms with Crippen molar-refractivity contribution < 1.29 is 9.59 Å². The molecule has 0 spiro atoms. The minimum Gasteiger partial charge on any atom is -0.349 e. The molecule has 0 bridgehead atoms. The van der Waals surface area contributed by atoms with Crippen LogP contribution in [-0.4, -0.2) is 46.3 Å². The standard InChI is InChI=1S/C24H29N5O2/c1-16-11-17(2)13-19(12-16)26-23(30)15-29-9-7-18(8-10-29)24(31)25-14-22-27-20-5-3-4-6-21(20)28-22/h3-6,11-13,18H,7-10,14-15H2,1-2H3,(H,25,31)(H,26,30)(H,27,28). The van der Waals surface area contributed by atoms with E-state index in [1.165, 1.54) is 0 Å². The Balaban J connectivity index is 1.21. The maximum Gasteiger partial charge on any atom is 0.238 e. The first-order valence-electron chi connectivity index (χ1n) is 10.8. The summed E-state index contributed by atoms with van der Waals surface area (Å²) in [7, 11) is 0. The average molecular weight is 420 g/mol. The lowest BCUT2D eigenvalue weighted by atomic mass is 9.96. The van der Waals surface area contributed by atoms with Gasteiger partial charge in [0.25, 0.3) is 0 Å². The van der Waals surface area contributed by atoms with Crippen LogP contribution in [0.4, 0.5) is 5.69 Å². The van der Waals surface area contributed by atoms with Gasteiger partial charge in [0, 0.05) is 11.6 Å². The largest absolute Gasteiger partial charge is 0.349 e. The number of para-hydroxylation sites is 2. The number of aromatic amines is 1. The van der Waals surface area contributed by atoms with E-state index in [0.717, 1.165) is 59.6 Å². The van der Waals surface area contributed by atoms with E-state index in [-0.39, 0.29) is 17.7 Å². The molecule has 1 aliphatic rings. The molecular formula is C24H29N5O2. The Hall–Kier alpha value is -3.19. The van der Waals surface area contributed by atoms with E-state index in [2.05, 4.69) is 31.6 Å². The second-order valence-electron chi connectivity index (χ2n) is 8.39. The highest BCUT2D eigenvalue weighted by Crippen LogP contribution is 2.18. The van der Waals surface area contributed by atoms with Gasteiger partial charge in [0.2, 0.25) is 11.8 Å². The predicted octanol–water partition coefficient (Wildman–Crippen LogP) is 3.15. The van der Waals surface area contributed by atoms with Crippen molar-refractivity contribution in [3.05, 3.63) is 59.4 Å². The van der Waals surface area contributed by atoms with E-state index in [4.69, 9.17) is 0 Å². The number of nitrogens with zero attached hydrogens (tertiary/aromatic N) is 2. The molecule has 0 atom stereocenters. The number of amides is 2. The minimum atomic E-state index is -0.0249. The normalized spacial score (nSPS) is 15.2. The van der Waals surface area contributed by atoms with Crippen LogP contribution >= 0.6 is 0 Å². The molecule has 0 saturated carbocycles. The molecule has 0 aliphatic carbocycles. The van der Waals surface area contributed by atoms with Crippen LogP contribution in [-0.2, 0) is 16.1 Å². The number of likely N-dealkylation sites (tertiary alicyclic amines) is 1. The topological polar surface area (TPSA) is 90.1 Å². The van der Waals surface area contributed by atoms with Gasteiger partial charge in [-0.1, -0.05) is 18.2 Å². The van der Waals surface area contributed by atoms with Gasteiger partial charge in [0.15, 0.2) is 0 Å². The van der Waals surface area contributed by atoms with Crippen molar-refractivity contribution in [1.29, 1.82) is 0 Å². The summed E-state index contributed by atoms with van der Waals surface area (Å²) >= 11 is 0. The molecule has 7 nitrogen and oxygen atoms in total. The molecular weight excluding hydrogens is 390 g/mol. The number of rotatable bonds is 6. The Morgan fingerprint density at radius 3 is 2.52 bits per heavy atom. The smallest absolute Gasteiger partial charge is 0.238 e. The first-order chi connectivity index (χ1) is 15.0. The third-order valence-electron chi connectivity index (χ3n) is 5.70. The van der Waals surface area contributed by atoms with Gasteiger partial charge in [-0.2, -0.15) is 0 Å². The maximum atomic E-state index is 12.6. The molecule has 4 rings (SSSR count). The molecule has 1 aromatic heterocycles. The van der Waals surface area contributed by atoms with Crippen molar-refractivity contribution >= 4 is 28.5 Å². The average Bonchev–Trinajstić information content (AvgIpc) is 3.15. The Labute approximate surface area is 182 Å². The van der Waals surface area contributed by atoms with Gasteiger partial charge < -0.3 is 15.6 Å². The van der Waals surface area contributed by atoms with E-state index in [1.54, 1.807) is 0 Å². The van der Waals surface area contributed by atoms with Gasteiger partial charge in [-0.05, 0) is 75.2 Å². The summed E-state index contributed by atoms with van der Waals surface area (Å²) in [6.07, 6.45) is 1.51. The maximum absolute atomic E-state index is 12.6. The fourth-order valence-electron chi connectivity index (χ4n) is 4.21. The van der Waals surface area contributed by atoms with E-state index < -0.39 is 0 Å². The summed E-state index contributed by atoms with van der Waals surface area (Å²) in [6.45, 7) is 6.26. The summed E-state index contributed by atoms with van der Waals surface area (Å²) < 4.78 is 0. The number of H-pyrrole nitrogens is 1. The molecule has 3 N–H and O–H groups in total. The number of piperidine rings is 1. The molecule has 0 radical (unpaired) electrons. The van der Waals surface area contributed by atoms with Gasteiger partial charge in [0.1, 0.15) is 5.82 Å². The van der Waals surface area contributed by atoms with Crippen molar-refractivity contribution in [3.63, 3.8) is 0 Å². The fraction of sp³-hybridized carbons (Fsp3) is 0.375. The van der Waals surface area contributed by atoms with E-state index in [9.17, 15) is 9.59 Å². The van der Waals surface area contributed by atoms with E-state index in [0.29, 0.717) is 13.1 Å². The molecule has 1 fully saturated rings. The van der Waals surface area contributed by atoms with Gasteiger partial charge in [-0.25, -0.2) is 4.98 Å². The second kappa shape index (κ2) is 9.31. The molecule has 2 amide bonds. The second-order valence-corrected chi connectivity index (χ2v) is 8.39. The van der Waals surface area contributed by atoms with Crippen molar-refractivity contribution in [2.24, 2.45) is 5.92 Å². The fourth-order valence-corrected chi connectivity index (χ4v) is 4.21. The number of hydrogen-bond donors (Lipinski definition) is 3. The Morgan fingerprint density at radius 1 is 1.10 bits per heavy atom. The molecule has 3 aromatic rings. The summed E-state index contributed by atoms with van der Waals surface area (Å²) in [5.74, 6) is 0.774. The Bertz CT molecular complexity index is 1030. The summed E-state index contributed by atoms with van der Waals surface area (Å²) in [6, 6.07) is 13.9. The molecule has 2 aromatic carbocycles. The quantitative estimate of drug-likeness (QED) is 0.573. The lowest BCUT2D eigenvalue weighted by Crippen LogP contribution is -2.43. The van der Waals surface area contributed by atoms with E-state index in [1.807, 2.05) is 50.2 Å². The lowest BCUT2D eigenvalue weighted by Gasteiger charge is -2.30. The third kappa shape index (κ3) is 5.49. The number of benzene rings is 2. The number of fused-ring (bicyclic) bond motifs is 1. The van der Waals surface area contributed by atoms with Crippen LogP contribution in [0.3, 0.4) is 0 Å². The Kier molecular flexibility index (Phi) is 6.32. The van der Waals surface area contributed by atoms with Crippen LogP contribution < -0.4 is 10.6 Å².